The first kappa shape index (κ1) is 24.0. The number of nitrogens with one attached hydrogen (secondary N) is 2. The number of carbonyl (C=O) groups excluding carboxylic acids is 1. The highest BCUT2D eigenvalue weighted by molar-refractivity contribution is 7.99. The lowest BCUT2D eigenvalue weighted by Gasteiger charge is -2.43. The van der Waals surface area contributed by atoms with Crippen molar-refractivity contribution in [3.05, 3.63) is 59.4 Å². The van der Waals surface area contributed by atoms with Gasteiger partial charge in [0, 0.05) is 47.9 Å². The Kier molecular flexibility index (Phi) is 7.31. The van der Waals surface area contributed by atoms with Crippen LogP contribution < -0.4 is 10.0 Å². The number of hydrogen-bond donors (Lipinski definition) is 2. The molecule has 0 bridgehead atoms. The minimum Gasteiger partial charge on any atom is -0.350 e. The topological polar surface area (TPSA) is 78.5 Å². The molecule has 2 aromatic carbocycles. The van der Waals surface area contributed by atoms with Crippen molar-refractivity contribution in [3.63, 3.8) is 0 Å². The molecule has 9 heteroatoms. The van der Waals surface area contributed by atoms with Crippen LogP contribution in [0, 0.1) is 12.7 Å². The Bertz CT molecular complexity index is 1090. The zero-order valence-electron chi connectivity index (χ0n) is 18.8. The van der Waals surface area contributed by atoms with Crippen LogP contribution in [0.15, 0.2) is 47.4 Å². The third kappa shape index (κ3) is 5.53. The van der Waals surface area contributed by atoms with Gasteiger partial charge in [-0.05, 0) is 61.7 Å². The maximum atomic E-state index is 13.1. The summed E-state index contributed by atoms with van der Waals surface area (Å²) in [6.07, 6.45) is 4.49. The van der Waals surface area contributed by atoms with Crippen molar-refractivity contribution in [3.8, 4) is 0 Å². The van der Waals surface area contributed by atoms with Crippen LogP contribution in [-0.4, -0.2) is 55.9 Å². The van der Waals surface area contributed by atoms with E-state index in [2.05, 4.69) is 14.9 Å². The normalized spacial score (nSPS) is 18.7. The SMILES string of the molecule is Cc1ccc(S(=O)(=O)Nc2ccc(F)cc2)cc1C(=O)NCC1(N2CCSCC2)CCCC1. The molecule has 2 fully saturated rings. The van der Waals surface area contributed by atoms with Gasteiger partial charge in [0.25, 0.3) is 15.9 Å². The minimum atomic E-state index is -3.92. The van der Waals surface area contributed by atoms with Gasteiger partial charge in [0.05, 0.1) is 4.90 Å². The molecule has 2 aromatic rings. The molecule has 1 saturated heterocycles. The van der Waals surface area contributed by atoms with Crippen LogP contribution >= 0.6 is 11.8 Å². The van der Waals surface area contributed by atoms with Crippen LogP contribution in [0.2, 0.25) is 0 Å². The number of sulfonamides is 1. The Morgan fingerprint density at radius 1 is 1.09 bits per heavy atom. The monoisotopic (exact) mass is 491 g/mol. The summed E-state index contributed by atoms with van der Waals surface area (Å²) in [6.45, 7) is 4.46. The zero-order chi connectivity index (χ0) is 23.5. The second-order valence-electron chi connectivity index (χ2n) is 8.80. The van der Waals surface area contributed by atoms with Gasteiger partial charge in [0.2, 0.25) is 0 Å². The van der Waals surface area contributed by atoms with Crippen molar-refractivity contribution in [1.29, 1.82) is 0 Å². The number of thioether (sulfide) groups is 1. The summed E-state index contributed by atoms with van der Waals surface area (Å²) in [5.74, 6) is 1.53. The number of hydrogen-bond acceptors (Lipinski definition) is 5. The van der Waals surface area contributed by atoms with Gasteiger partial charge < -0.3 is 5.32 Å². The molecule has 0 radical (unpaired) electrons. The van der Waals surface area contributed by atoms with E-state index < -0.39 is 15.8 Å². The molecule has 1 amide bonds. The van der Waals surface area contributed by atoms with E-state index in [0.29, 0.717) is 17.7 Å². The molecule has 0 spiro atoms. The molecule has 0 atom stereocenters. The number of halogens is 1. The van der Waals surface area contributed by atoms with Gasteiger partial charge >= 0.3 is 0 Å². The summed E-state index contributed by atoms with van der Waals surface area (Å²) in [5.41, 5.74) is 1.31. The molecule has 2 N–H and O–H groups in total. The molecule has 178 valence electrons. The molecule has 6 nitrogen and oxygen atoms in total. The largest absolute Gasteiger partial charge is 0.350 e. The lowest BCUT2D eigenvalue weighted by atomic mass is 9.94. The first-order chi connectivity index (χ1) is 15.8. The maximum Gasteiger partial charge on any atom is 0.261 e. The molecule has 1 heterocycles. The quantitative estimate of drug-likeness (QED) is 0.612. The van der Waals surface area contributed by atoms with Crippen LogP contribution in [-0.2, 0) is 10.0 Å². The summed E-state index contributed by atoms with van der Waals surface area (Å²) < 4.78 is 41.3. The summed E-state index contributed by atoms with van der Waals surface area (Å²) in [7, 11) is -3.92. The van der Waals surface area contributed by atoms with Crippen LogP contribution in [0.5, 0.6) is 0 Å². The molecular weight excluding hydrogens is 461 g/mol. The number of rotatable bonds is 7. The van der Waals surface area contributed by atoms with E-state index in [1.807, 2.05) is 11.8 Å². The van der Waals surface area contributed by atoms with Gasteiger partial charge in [0.1, 0.15) is 5.82 Å². The highest BCUT2D eigenvalue weighted by Gasteiger charge is 2.40. The molecule has 1 saturated carbocycles. The van der Waals surface area contributed by atoms with Crippen molar-refractivity contribution < 1.29 is 17.6 Å². The second-order valence-corrected chi connectivity index (χ2v) is 11.7. The van der Waals surface area contributed by atoms with E-state index in [4.69, 9.17) is 0 Å². The van der Waals surface area contributed by atoms with E-state index in [1.54, 1.807) is 13.0 Å². The number of aryl methyl sites for hydroxylation is 1. The zero-order valence-corrected chi connectivity index (χ0v) is 20.4. The van der Waals surface area contributed by atoms with Gasteiger partial charge in [-0.25, -0.2) is 12.8 Å². The Balaban J connectivity index is 1.49. The molecule has 2 aliphatic rings. The minimum absolute atomic E-state index is 0.00162. The molecule has 33 heavy (non-hydrogen) atoms. The first-order valence-corrected chi connectivity index (χ1v) is 13.9. The van der Waals surface area contributed by atoms with Gasteiger partial charge in [-0.2, -0.15) is 11.8 Å². The van der Waals surface area contributed by atoms with E-state index in [1.165, 1.54) is 49.2 Å². The van der Waals surface area contributed by atoms with Crippen LogP contribution in [0.3, 0.4) is 0 Å². The first-order valence-electron chi connectivity index (χ1n) is 11.3. The van der Waals surface area contributed by atoms with Crippen molar-refractivity contribution in [1.82, 2.24) is 10.2 Å². The molecule has 1 aliphatic carbocycles. The lowest BCUT2D eigenvalue weighted by Crippen LogP contribution is -2.56. The Labute approximate surface area is 199 Å². The van der Waals surface area contributed by atoms with Crippen LogP contribution in [0.25, 0.3) is 0 Å². The fourth-order valence-corrected chi connectivity index (χ4v) is 6.75. The van der Waals surface area contributed by atoms with E-state index in [9.17, 15) is 17.6 Å². The fourth-order valence-electron chi connectivity index (χ4n) is 4.76. The number of anilines is 1. The molecule has 0 aromatic heterocycles. The van der Waals surface area contributed by atoms with Gasteiger partial charge in [-0.1, -0.05) is 18.9 Å². The van der Waals surface area contributed by atoms with Crippen LogP contribution in [0.1, 0.15) is 41.6 Å². The average molecular weight is 492 g/mol. The Morgan fingerprint density at radius 2 is 1.76 bits per heavy atom. The number of amides is 1. The summed E-state index contributed by atoms with van der Waals surface area (Å²) in [6, 6.07) is 9.61. The van der Waals surface area contributed by atoms with Gasteiger partial charge in [-0.15, -0.1) is 0 Å². The summed E-state index contributed by atoms with van der Waals surface area (Å²) in [4.78, 5) is 15.7. The summed E-state index contributed by atoms with van der Waals surface area (Å²) in [5, 5.41) is 3.11. The maximum absolute atomic E-state index is 13.1. The molecule has 1 aliphatic heterocycles. The van der Waals surface area contributed by atoms with Crippen molar-refractivity contribution in [2.75, 3.05) is 35.9 Å². The number of benzene rings is 2. The van der Waals surface area contributed by atoms with E-state index in [-0.39, 0.29) is 22.0 Å². The lowest BCUT2D eigenvalue weighted by molar-refractivity contribution is 0.0817. The Hall–Kier alpha value is -2.10. The van der Waals surface area contributed by atoms with Crippen LogP contribution in [0.4, 0.5) is 10.1 Å². The van der Waals surface area contributed by atoms with Crippen molar-refractivity contribution in [2.24, 2.45) is 0 Å². The Morgan fingerprint density at radius 3 is 2.42 bits per heavy atom. The van der Waals surface area contributed by atoms with Crippen molar-refractivity contribution >= 4 is 33.4 Å². The summed E-state index contributed by atoms with van der Waals surface area (Å²) >= 11 is 1.97. The third-order valence-corrected chi connectivity index (χ3v) is 8.98. The molecule has 0 unspecified atom stereocenters. The van der Waals surface area contributed by atoms with Gasteiger partial charge in [-0.3, -0.25) is 14.4 Å². The average Bonchev–Trinajstić information content (AvgIpc) is 3.30. The molecule has 4 rings (SSSR count). The standard InChI is InChI=1S/C24H30FN3O3S2/c1-18-4-9-21(33(30,31)27-20-7-5-19(25)6-8-20)16-22(18)23(29)26-17-24(10-2-3-11-24)28-12-14-32-15-13-28/h4-9,16,27H,2-3,10-15,17H2,1H3,(H,26,29). The number of nitrogens with zero attached hydrogens (tertiary/aromatic N) is 1. The predicted molar refractivity (Wildman–Crippen MR) is 131 cm³/mol. The fraction of sp³-hybridized carbons (Fsp3) is 0.458. The van der Waals surface area contributed by atoms with E-state index >= 15 is 0 Å². The highest BCUT2D eigenvalue weighted by Crippen LogP contribution is 2.36. The third-order valence-electron chi connectivity index (χ3n) is 6.65. The molecular formula is C24H30FN3O3S2. The highest BCUT2D eigenvalue weighted by atomic mass is 32.2. The predicted octanol–water partition coefficient (Wildman–Crippen LogP) is 4.03. The number of carbonyl (C=O) groups is 1. The second kappa shape index (κ2) is 10.0. The van der Waals surface area contributed by atoms with Gasteiger partial charge in [0.15, 0.2) is 0 Å². The smallest absolute Gasteiger partial charge is 0.261 e. The van der Waals surface area contributed by atoms with E-state index in [0.717, 1.165) is 37.4 Å². The van der Waals surface area contributed by atoms with Crippen molar-refractivity contribution in [2.45, 2.75) is 43.0 Å².